The molecule has 2 nitrogen and oxygen atoms in total. The number of benzene rings is 2. The summed E-state index contributed by atoms with van der Waals surface area (Å²) in [7, 11) is 0. The van der Waals surface area contributed by atoms with Crippen LogP contribution in [0.1, 0.15) is 24.9 Å². The van der Waals surface area contributed by atoms with Gasteiger partial charge in [0.2, 0.25) is 0 Å². The van der Waals surface area contributed by atoms with E-state index in [9.17, 15) is 4.39 Å². The van der Waals surface area contributed by atoms with Crippen molar-refractivity contribution in [1.29, 1.82) is 0 Å². The van der Waals surface area contributed by atoms with Crippen LogP contribution >= 0.6 is 15.9 Å². The predicted octanol–water partition coefficient (Wildman–Crippen LogP) is 4.79. The fraction of sp³-hybridized carbons (Fsp3) is 0.200. The Hall–Kier alpha value is -1.39. The Morgan fingerprint density at radius 1 is 1.26 bits per heavy atom. The smallest absolute Gasteiger partial charge is 0.144 e. The molecule has 1 unspecified atom stereocenters. The third kappa shape index (κ3) is 3.55. The Labute approximate surface area is 120 Å². The van der Waals surface area contributed by atoms with Crippen molar-refractivity contribution >= 4 is 15.9 Å². The van der Waals surface area contributed by atoms with Crippen LogP contribution in [0.3, 0.4) is 0 Å². The fourth-order valence-electron chi connectivity index (χ4n) is 1.73. The minimum absolute atomic E-state index is 0.0144. The van der Waals surface area contributed by atoms with Gasteiger partial charge < -0.3 is 10.5 Å². The van der Waals surface area contributed by atoms with Crippen LogP contribution in [0.25, 0.3) is 0 Å². The van der Waals surface area contributed by atoms with E-state index in [0.717, 1.165) is 12.0 Å². The second kappa shape index (κ2) is 6.17. The molecule has 0 aliphatic carbocycles. The topological polar surface area (TPSA) is 35.2 Å². The van der Waals surface area contributed by atoms with Crippen molar-refractivity contribution in [2.75, 3.05) is 0 Å². The van der Waals surface area contributed by atoms with Crippen LogP contribution < -0.4 is 10.5 Å². The molecule has 0 saturated heterocycles. The Morgan fingerprint density at radius 2 is 2.05 bits per heavy atom. The van der Waals surface area contributed by atoms with Crippen LogP contribution in [-0.4, -0.2) is 0 Å². The Kier molecular flexibility index (Phi) is 4.56. The van der Waals surface area contributed by atoms with E-state index in [1.54, 1.807) is 6.07 Å². The molecular formula is C15H15BrFNO. The van der Waals surface area contributed by atoms with Gasteiger partial charge in [-0.1, -0.05) is 19.1 Å². The third-order valence-electron chi connectivity index (χ3n) is 2.85. The van der Waals surface area contributed by atoms with Gasteiger partial charge in [0.1, 0.15) is 17.3 Å². The summed E-state index contributed by atoms with van der Waals surface area (Å²) in [6.07, 6.45) is 0.854. The summed E-state index contributed by atoms with van der Waals surface area (Å²) in [4.78, 5) is 0. The highest BCUT2D eigenvalue weighted by Gasteiger charge is 2.07. The molecule has 0 aliphatic rings. The first-order valence-corrected chi connectivity index (χ1v) is 6.88. The van der Waals surface area contributed by atoms with Gasteiger partial charge in [-0.15, -0.1) is 0 Å². The van der Waals surface area contributed by atoms with Gasteiger partial charge in [0.25, 0.3) is 0 Å². The highest BCUT2D eigenvalue weighted by atomic mass is 79.9. The Bertz CT molecular complexity index is 574. The van der Waals surface area contributed by atoms with Crippen LogP contribution in [0.15, 0.2) is 46.9 Å². The summed E-state index contributed by atoms with van der Waals surface area (Å²) < 4.78 is 19.6. The first-order chi connectivity index (χ1) is 9.10. The lowest BCUT2D eigenvalue weighted by molar-refractivity contribution is 0.472. The second-order valence-electron chi connectivity index (χ2n) is 4.26. The third-order valence-corrected chi connectivity index (χ3v) is 3.50. The van der Waals surface area contributed by atoms with Crippen LogP contribution in [-0.2, 0) is 0 Å². The highest BCUT2D eigenvalue weighted by Crippen LogP contribution is 2.31. The number of halogens is 2. The van der Waals surface area contributed by atoms with Crippen molar-refractivity contribution in [1.82, 2.24) is 0 Å². The van der Waals surface area contributed by atoms with E-state index in [-0.39, 0.29) is 11.9 Å². The first kappa shape index (κ1) is 14.0. The standard InChI is InChI=1S/C15H15BrFNO/c1-2-14(18)10-4-3-5-12(8-10)19-15-9-11(17)6-7-13(15)16/h3-9,14H,2,18H2,1H3. The van der Waals surface area contributed by atoms with Crippen molar-refractivity contribution in [3.05, 3.63) is 58.3 Å². The molecule has 0 bridgehead atoms. The maximum absolute atomic E-state index is 13.2. The summed E-state index contributed by atoms with van der Waals surface area (Å²) in [5, 5.41) is 0. The summed E-state index contributed by atoms with van der Waals surface area (Å²) in [5.74, 6) is 0.759. The van der Waals surface area contributed by atoms with Crippen molar-refractivity contribution in [3.63, 3.8) is 0 Å². The molecule has 0 spiro atoms. The molecule has 0 radical (unpaired) electrons. The van der Waals surface area contributed by atoms with Crippen molar-refractivity contribution in [2.45, 2.75) is 19.4 Å². The van der Waals surface area contributed by atoms with Gasteiger partial charge in [-0.05, 0) is 52.2 Å². The summed E-state index contributed by atoms with van der Waals surface area (Å²) in [5.41, 5.74) is 6.99. The molecule has 100 valence electrons. The predicted molar refractivity (Wildman–Crippen MR) is 77.8 cm³/mol. The van der Waals surface area contributed by atoms with E-state index in [1.165, 1.54) is 12.1 Å². The number of hydrogen-bond acceptors (Lipinski definition) is 2. The zero-order valence-electron chi connectivity index (χ0n) is 10.6. The first-order valence-electron chi connectivity index (χ1n) is 6.08. The molecule has 1 atom stereocenters. The minimum Gasteiger partial charge on any atom is -0.456 e. The monoisotopic (exact) mass is 323 g/mol. The molecule has 0 fully saturated rings. The largest absolute Gasteiger partial charge is 0.456 e. The SMILES string of the molecule is CCC(N)c1cccc(Oc2cc(F)ccc2Br)c1. The lowest BCUT2D eigenvalue weighted by Crippen LogP contribution is -2.08. The quantitative estimate of drug-likeness (QED) is 0.877. The summed E-state index contributed by atoms with van der Waals surface area (Å²) in [6, 6.07) is 11.9. The number of nitrogens with two attached hydrogens (primary N) is 1. The summed E-state index contributed by atoms with van der Waals surface area (Å²) in [6.45, 7) is 2.03. The average Bonchev–Trinajstić information content (AvgIpc) is 2.42. The van der Waals surface area contributed by atoms with E-state index in [0.29, 0.717) is 16.0 Å². The zero-order chi connectivity index (χ0) is 13.8. The van der Waals surface area contributed by atoms with Crippen LogP contribution in [0.5, 0.6) is 11.5 Å². The maximum Gasteiger partial charge on any atom is 0.144 e. The Morgan fingerprint density at radius 3 is 2.79 bits per heavy atom. The molecule has 0 aliphatic heterocycles. The van der Waals surface area contributed by atoms with Crippen molar-refractivity contribution in [3.8, 4) is 11.5 Å². The van der Waals surface area contributed by atoms with Crippen LogP contribution in [0.4, 0.5) is 4.39 Å². The Balaban J connectivity index is 2.26. The van der Waals surface area contributed by atoms with Gasteiger partial charge in [0.05, 0.1) is 4.47 Å². The minimum atomic E-state index is -0.334. The molecule has 0 saturated carbocycles. The molecular weight excluding hydrogens is 309 g/mol. The molecule has 0 heterocycles. The molecule has 0 aromatic heterocycles. The average molecular weight is 324 g/mol. The molecule has 2 aromatic rings. The fourth-order valence-corrected chi connectivity index (χ4v) is 2.05. The van der Waals surface area contributed by atoms with Crippen molar-refractivity contribution in [2.24, 2.45) is 5.73 Å². The van der Waals surface area contributed by atoms with Crippen LogP contribution in [0.2, 0.25) is 0 Å². The second-order valence-corrected chi connectivity index (χ2v) is 5.12. The number of ether oxygens (including phenoxy) is 1. The molecule has 4 heteroatoms. The molecule has 0 amide bonds. The number of hydrogen-bond donors (Lipinski definition) is 1. The summed E-state index contributed by atoms with van der Waals surface area (Å²) >= 11 is 3.33. The molecule has 2 rings (SSSR count). The van der Waals surface area contributed by atoms with Gasteiger partial charge >= 0.3 is 0 Å². The van der Waals surface area contributed by atoms with Gasteiger partial charge in [-0.25, -0.2) is 4.39 Å². The zero-order valence-corrected chi connectivity index (χ0v) is 12.2. The van der Waals surface area contributed by atoms with Crippen LogP contribution in [0, 0.1) is 5.82 Å². The number of rotatable bonds is 4. The van der Waals surface area contributed by atoms with E-state index in [4.69, 9.17) is 10.5 Å². The highest BCUT2D eigenvalue weighted by molar-refractivity contribution is 9.10. The van der Waals surface area contributed by atoms with E-state index < -0.39 is 0 Å². The van der Waals surface area contributed by atoms with Gasteiger partial charge in [-0.2, -0.15) is 0 Å². The molecule has 19 heavy (non-hydrogen) atoms. The van der Waals surface area contributed by atoms with E-state index in [1.807, 2.05) is 31.2 Å². The van der Waals surface area contributed by atoms with Gasteiger partial charge in [0.15, 0.2) is 0 Å². The molecule has 2 aromatic carbocycles. The lowest BCUT2D eigenvalue weighted by Gasteiger charge is -2.12. The normalized spacial score (nSPS) is 12.2. The van der Waals surface area contributed by atoms with E-state index in [2.05, 4.69) is 15.9 Å². The van der Waals surface area contributed by atoms with Crippen molar-refractivity contribution < 1.29 is 9.13 Å². The van der Waals surface area contributed by atoms with E-state index >= 15 is 0 Å². The van der Waals surface area contributed by atoms with Gasteiger partial charge in [0, 0.05) is 12.1 Å². The molecule has 2 N–H and O–H groups in total. The lowest BCUT2D eigenvalue weighted by atomic mass is 10.1. The van der Waals surface area contributed by atoms with Gasteiger partial charge in [-0.3, -0.25) is 0 Å². The maximum atomic E-state index is 13.2.